The lowest BCUT2D eigenvalue weighted by Gasteiger charge is -2.18. The standard InChI is InChI=1S/C22H20BrNO4/c23-18-4-2-17-13-19(5-3-16(17)12-18)28-14-22(25)24-8-7-15-1-6-20-21(11-15)27-10-9-26-20/h1-6,11-13H,7-10,14H2,(H,24,25). The zero-order valence-electron chi connectivity index (χ0n) is 15.2. The Balaban J connectivity index is 1.25. The van der Waals surface area contributed by atoms with E-state index in [-0.39, 0.29) is 12.5 Å². The average molecular weight is 442 g/mol. The van der Waals surface area contributed by atoms with Gasteiger partial charge in [-0.3, -0.25) is 4.79 Å². The first-order chi connectivity index (χ1) is 13.7. The molecule has 0 fully saturated rings. The Morgan fingerprint density at radius 3 is 2.64 bits per heavy atom. The van der Waals surface area contributed by atoms with E-state index in [1.54, 1.807) is 0 Å². The van der Waals surface area contributed by atoms with Gasteiger partial charge >= 0.3 is 0 Å². The number of benzene rings is 3. The summed E-state index contributed by atoms with van der Waals surface area (Å²) in [6.07, 6.45) is 0.716. The second-order valence-electron chi connectivity index (χ2n) is 6.52. The number of halogens is 1. The number of carbonyl (C=O) groups is 1. The molecule has 1 aliphatic heterocycles. The summed E-state index contributed by atoms with van der Waals surface area (Å²) in [6, 6.07) is 17.7. The van der Waals surface area contributed by atoms with E-state index in [1.807, 2.05) is 54.6 Å². The first kappa shape index (κ1) is 18.6. The van der Waals surface area contributed by atoms with Gasteiger partial charge in [-0.1, -0.05) is 34.1 Å². The molecule has 0 unspecified atom stereocenters. The van der Waals surface area contributed by atoms with Crippen LogP contribution in [0.5, 0.6) is 17.2 Å². The Hall–Kier alpha value is -2.73. The van der Waals surface area contributed by atoms with E-state index in [2.05, 4.69) is 21.2 Å². The molecular formula is C22H20BrNO4. The van der Waals surface area contributed by atoms with Gasteiger partial charge in [0.2, 0.25) is 0 Å². The molecule has 6 heteroatoms. The normalized spacial score (nSPS) is 12.6. The Labute approximate surface area is 171 Å². The van der Waals surface area contributed by atoms with Crippen LogP contribution in [0.25, 0.3) is 10.8 Å². The molecule has 3 aromatic carbocycles. The molecule has 0 bridgehead atoms. The van der Waals surface area contributed by atoms with Gasteiger partial charge in [0, 0.05) is 11.0 Å². The molecule has 3 aromatic rings. The van der Waals surface area contributed by atoms with E-state index in [1.165, 1.54) is 0 Å². The van der Waals surface area contributed by atoms with E-state index in [0.29, 0.717) is 31.9 Å². The zero-order valence-corrected chi connectivity index (χ0v) is 16.8. The van der Waals surface area contributed by atoms with Crippen molar-refractivity contribution >= 4 is 32.6 Å². The van der Waals surface area contributed by atoms with Crippen LogP contribution in [0, 0.1) is 0 Å². The van der Waals surface area contributed by atoms with Crippen LogP contribution < -0.4 is 19.5 Å². The monoisotopic (exact) mass is 441 g/mol. The largest absolute Gasteiger partial charge is 0.486 e. The fourth-order valence-electron chi connectivity index (χ4n) is 3.07. The third-order valence-electron chi connectivity index (χ3n) is 4.49. The van der Waals surface area contributed by atoms with Crippen molar-refractivity contribution in [2.45, 2.75) is 6.42 Å². The van der Waals surface area contributed by atoms with Crippen molar-refractivity contribution < 1.29 is 19.0 Å². The first-order valence-corrected chi connectivity index (χ1v) is 9.94. The molecule has 1 amide bonds. The van der Waals surface area contributed by atoms with Crippen molar-refractivity contribution in [2.24, 2.45) is 0 Å². The molecule has 0 spiro atoms. The van der Waals surface area contributed by atoms with E-state index >= 15 is 0 Å². The predicted octanol–water partition coefficient (Wildman–Crippen LogP) is 4.11. The van der Waals surface area contributed by atoms with Gasteiger partial charge in [0.1, 0.15) is 19.0 Å². The van der Waals surface area contributed by atoms with Crippen molar-refractivity contribution in [3.05, 3.63) is 64.6 Å². The molecule has 1 aliphatic rings. The second-order valence-corrected chi connectivity index (χ2v) is 7.44. The Morgan fingerprint density at radius 1 is 0.964 bits per heavy atom. The molecule has 5 nitrogen and oxygen atoms in total. The molecule has 28 heavy (non-hydrogen) atoms. The van der Waals surface area contributed by atoms with Crippen molar-refractivity contribution in [1.29, 1.82) is 0 Å². The van der Waals surface area contributed by atoms with Crippen molar-refractivity contribution in [3.63, 3.8) is 0 Å². The maximum absolute atomic E-state index is 12.1. The van der Waals surface area contributed by atoms with Crippen LogP contribution in [-0.2, 0) is 11.2 Å². The smallest absolute Gasteiger partial charge is 0.257 e. The minimum Gasteiger partial charge on any atom is -0.486 e. The number of amides is 1. The van der Waals surface area contributed by atoms with Crippen LogP contribution in [0.2, 0.25) is 0 Å². The number of fused-ring (bicyclic) bond motifs is 2. The summed E-state index contributed by atoms with van der Waals surface area (Å²) in [5.41, 5.74) is 1.09. The number of hydrogen-bond acceptors (Lipinski definition) is 4. The first-order valence-electron chi connectivity index (χ1n) is 9.15. The summed E-state index contributed by atoms with van der Waals surface area (Å²) >= 11 is 3.46. The van der Waals surface area contributed by atoms with E-state index in [9.17, 15) is 4.79 Å². The van der Waals surface area contributed by atoms with Crippen LogP contribution in [0.15, 0.2) is 59.1 Å². The summed E-state index contributed by atoms with van der Waals surface area (Å²) in [7, 11) is 0. The molecule has 1 N–H and O–H groups in total. The molecule has 0 saturated carbocycles. The number of rotatable bonds is 6. The molecule has 144 valence electrons. The van der Waals surface area contributed by atoms with E-state index < -0.39 is 0 Å². The minimum atomic E-state index is -0.145. The predicted molar refractivity (Wildman–Crippen MR) is 111 cm³/mol. The molecule has 0 atom stereocenters. The second kappa shape index (κ2) is 8.52. The summed E-state index contributed by atoms with van der Waals surface area (Å²) in [5, 5.41) is 5.07. The lowest BCUT2D eigenvalue weighted by molar-refractivity contribution is -0.123. The van der Waals surface area contributed by atoms with Crippen molar-refractivity contribution in [3.8, 4) is 17.2 Å². The van der Waals surface area contributed by atoms with E-state index in [4.69, 9.17) is 14.2 Å². The highest BCUT2D eigenvalue weighted by Crippen LogP contribution is 2.30. The highest BCUT2D eigenvalue weighted by Gasteiger charge is 2.11. The van der Waals surface area contributed by atoms with Gasteiger partial charge in [-0.15, -0.1) is 0 Å². The number of carbonyl (C=O) groups excluding carboxylic acids is 1. The fourth-order valence-corrected chi connectivity index (χ4v) is 3.45. The summed E-state index contributed by atoms with van der Waals surface area (Å²) in [5.74, 6) is 2.07. The van der Waals surface area contributed by atoms with Crippen LogP contribution in [-0.4, -0.2) is 32.3 Å². The maximum Gasteiger partial charge on any atom is 0.257 e. The van der Waals surface area contributed by atoms with Crippen LogP contribution >= 0.6 is 15.9 Å². The number of ether oxygens (including phenoxy) is 3. The van der Waals surface area contributed by atoms with Crippen LogP contribution in [0.3, 0.4) is 0 Å². The Bertz CT molecular complexity index is 1000. The third kappa shape index (κ3) is 4.57. The lowest BCUT2D eigenvalue weighted by Crippen LogP contribution is -2.30. The summed E-state index contributed by atoms with van der Waals surface area (Å²) < 4.78 is 17.8. The lowest BCUT2D eigenvalue weighted by atomic mass is 10.1. The minimum absolute atomic E-state index is 0.0107. The molecule has 0 radical (unpaired) electrons. The van der Waals surface area contributed by atoms with Gasteiger partial charge < -0.3 is 19.5 Å². The third-order valence-corrected chi connectivity index (χ3v) is 4.98. The summed E-state index contributed by atoms with van der Waals surface area (Å²) in [6.45, 7) is 1.67. The maximum atomic E-state index is 12.1. The molecule has 0 saturated heterocycles. The SMILES string of the molecule is O=C(COc1ccc2cc(Br)ccc2c1)NCCc1ccc2c(c1)OCCO2. The van der Waals surface area contributed by atoms with Gasteiger partial charge in [0.15, 0.2) is 18.1 Å². The van der Waals surface area contributed by atoms with Gasteiger partial charge in [0.05, 0.1) is 0 Å². The Kier molecular flexibility index (Phi) is 5.67. The van der Waals surface area contributed by atoms with Gasteiger partial charge in [-0.05, 0) is 59.2 Å². The Morgan fingerprint density at radius 2 is 1.75 bits per heavy atom. The molecule has 1 heterocycles. The van der Waals surface area contributed by atoms with Crippen molar-refractivity contribution in [2.75, 3.05) is 26.4 Å². The quantitative estimate of drug-likeness (QED) is 0.625. The van der Waals surface area contributed by atoms with Crippen LogP contribution in [0.4, 0.5) is 0 Å². The molecule has 4 rings (SSSR count). The fraction of sp³-hybridized carbons (Fsp3) is 0.227. The van der Waals surface area contributed by atoms with Crippen LogP contribution in [0.1, 0.15) is 5.56 Å². The molecule has 0 aliphatic carbocycles. The zero-order chi connectivity index (χ0) is 19.3. The number of nitrogens with one attached hydrogen (secondary N) is 1. The topological polar surface area (TPSA) is 56.8 Å². The van der Waals surface area contributed by atoms with Crippen molar-refractivity contribution in [1.82, 2.24) is 5.32 Å². The molecule has 0 aromatic heterocycles. The average Bonchev–Trinajstić information content (AvgIpc) is 2.72. The number of hydrogen-bond donors (Lipinski definition) is 1. The van der Waals surface area contributed by atoms with Gasteiger partial charge in [-0.2, -0.15) is 0 Å². The molecular weight excluding hydrogens is 422 g/mol. The van der Waals surface area contributed by atoms with Gasteiger partial charge in [0.25, 0.3) is 5.91 Å². The summed E-state index contributed by atoms with van der Waals surface area (Å²) in [4.78, 5) is 12.1. The highest BCUT2D eigenvalue weighted by molar-refractivity contribution is 9.10. The van der Waals surface area contributed by atoms with Gasteiger partial charge in [-0.25, -0.2) is 0 Å². The van der Waals surface area contributed by atoms with E-state index in [0.717, 1.165) is 32.3 Å². The highest BCUT2D eigenvalue weighted by atomic mass is 79.9.